The minimum Gasteiger partial charge on any atom is -0.513 e. The number of hydrogen-bond donors (Lipinski definition) is 9. The number of Topliss-reactive ketones (excluding diaryl/α,β-unsaturated/α-hetero) is 2. The zero-order chi connectivity index (χ0) is 76.4. The third-order valence-electron chi connectivity index (χ3n) is 15.4. The normalized spacial score (nSPS) is 22.1. The molecule has 3 saturated carbocycles. The summed E-state index contributed by atoms with van der Waals surface area (Å²) in [7, 11) is 2.00. The summed E-state index contributed by atoms with van der Waals surface area (Å²) in [5, 5.41) is 59.3. The van der Waals surface area contributed by atoms with E-state index in [2.05, 4.69) is 68.3 Å². The van der Waals surface area contributed by atoms with Crippen LogP contribution >= 0.6 is 0 Å². The van der Waals surface area contributed by atoms with Crippen LogP contribution < -0.4 is 21.7 Å². The minimum atomic E-state index is -1.67. The number of hydrogen-bond acceptors (Lipinski definition) is 16. The number of nitrogens with two attached hydrogens (primary N) is 1. The summed E-state index contributed by atoms with van der Waals surface area (Å²) >= 11 is 0. The number of ether oxygens (including phenoxy) is 4. The zero-order valence-electron chi connectivity index (χ0n) is 67.5. The van der Waals surface area contributed by atoms with Gasteiger partial charge in [-0.3, -0.25) is 19.8 Å². The number of unbranched alkanes of at least 4 members (excludes halogenated alkanes) is 2. The molecule has 4 aliphatic rings. The van der Waals surface area contributed by atoms with Crippen molar-refractivity contribution in [2.24, 2.45) is 28.4 Å². The van der Waals surface area contributed by atoms with Gasteiger partial charge in [0.2, 0.25) is 0 Å². The van der Waals surface area contributed by atoms with Crippen molar-refractivity contribution in [2.75, 3.05) is 66.1 Å². The van der Waals surface area contributed by atoms with E-state index in [0.717, 1.165) is 51.2 Å². The first-order valence-electron chi connectivity index (χ1n) is 37.3. The van der Waals surface area contributed by atoms with Gasteiger partial charge in [-0.2, -0.15) is 0 Å². The number of piperidine rings is 1. The number of nitrogens with one attached hydrogen (secondary N) is 3. The SMILES string of the molecule is C=C(O)CCC.C=CC.C=CCOC(=O)NCCC(C)C.CC.CC.CC.CC.CC.CC.CC/C(=C/O[C@@H]1C(=O)CCC[C@]2(O)C(C)N(CC3CC3)CCC12C)OC(C)(O)NCCOC(C)(C)CCO.CC=CCC1(C)CC(=O)CCC1(C)O.CCCCCNC.CCN. The molecule has 4 rings (SSSR count). The van der Waals surface area contributed by atoms with Gasteiger partial charge in [-0.15, -0.1) is 6.58 Å². The number of fused-ring (bicyclic) bond motifs is 1. The number of amides is 1. The number of likely N-dealkylation sites (tertiary alicyclic amines) is 1. The quantitative estimate of drug-likeness (QED) is 0.0160. The number of aliphatic hydroxyl groups excluding tert-OH is 2. The Balaban J connectivity index is -0.000000152. The third kappa shape index (κ3) is 55.9. The number of alkyl carbamates (subject to hydrolysis) is 1. The Morgan fingerprint density at radius 2 is 1.40 bits per heavy atom. The predicted octanol–water partition coefficient (Wildman–Crippen LogP) is 18.0. The number of carbonyl (C=O) groups is 3. The van der Waals surface area contributed by atoms with E-state index < -0.39 is 34.2 Å². The van der Waals surface area contributed by atoms with Crippen molar-refractivity contribution in [3.8, 4) is 0 Å². The highest BCUT2D eigenvalue weighted by Gasteiger charge is 2.62. The van der Waals surface area contributed by atoms with Crippen molar-refractivity contribution in [1.82, 2.24) is 20.9 Å². The van der Waals surface area contributed by atoms with Crippen LogP contribution in [0.1, 0.15) is 303 Å². The van der Waals surface area contributed by atoms with Gasteiger partial charge in [0.05, 0.1) is 29.2 Å². The second-order valence-electron chi connectivity index (χ2n) is 24.3. The van der Waals surface area contributed by atoms with Gasteiger partial charge in [0, 0.05) is 82.1 Å². The average Bonchev–Trinajstić information content (AvgIpc) is 1.72. The van der Waals surface area contributed by atoms with E-state index in [1.165, 1.54) is 51.8 Å². The fourth-order valence-corrected chi connectivity index (χ4v) is 9.67. The number of allylic oxidation sites excluding steroid dienone is 5. The van der Waals surface area contributed by atoms with Crippen molar-refractivity contribution in [3.05, 3.63) is 61.8 Å². The molecule has 1 amide bonds. The maximum Gasteiger partial charge on any atom is 0.407 e. The Morgan fingerprint density at radius 3 is 1.83 bits per heavy atom. The number of rotatable bonds is 27. The van der Waals surface area contributed by atoms with Crippen LogP contribution in [0.25, 0.3) is 0 Å². The summed E-state index contributed by atoms with van der Waals surface area (Å²) < 4.78 is 22.5. The molecule has 3 aliphatic carbocycles. The van der Waals surface area contributed by atoms with E-state index in [9.17, 15) is 29.7 Å². The van der Waals surface area contributed by atoms with E-state index in [-0.39, 0.29) is 48.1 Å². The summed E-state index contributed by atoms with van der Waals surface area (Å²) in [6.07, 6.45) is 22.5. The lowest BCUT2D eigenvalue weighted by Crippen LogP contribution is -2.68. The number of ketones is 2. The van der Waals surface area contributed by atoms with Gasteiger partial charge >= 0.3 is 6.09 Å². The van der Waals surface area contributed by atoms with Crippen molar-refractivity contribution in [1.29, 1.82) is 0 Å². The standard InChI is InChI=1S/C29H52N2O7.C12H20O2.C9H17NO2.C6H15N.C5H10O.C3H6.C2H7N.6C2H6/c1-7-23(38-28(6,34)30-15-18-37-26(3,4)14-17-32)20-36-25-24(33)9-8-12-29(35)21(2)31(19-22-10-11-22)16-13-27(25,29)5;1-4-5-7-11(2)9-10(13)6-8-12(11,3)14;1-4-7-12-9(11)10-6-5-8(2)3;1-3-4-5-6-7-2;1-3-4-5(2)6;1-3-2;1-2-3;6*1-2/h20-22,25,30,32,34-35H,7-19H2,1-6H3;4-5,14H,6-9H2,1-3H3;4,8H,1,5-7H2,2-3H3,(H,10,11);7H,3-6H2,1-2H3;6H,2-4H2,1H3;3H,1H2,2H3;2-3H2,1H3;6*1-2H3/b23-20-;;;;;;;;;;;;/t21?,25-,27?,28?,29+;;;;;;;;;;;;/m1............/s1. The van der Waals surface area contributed by atoms with Crippen LogP contribution in [0.5, 0.6) is 0 Å². The summed E-state index contributed by atoms with van der Waals surface area (Å²) in [4.78, 5) is 37.9. The van der Waals surface area contributed by atoms with Gasteiger partial charge in [0.15, 0.2) is 11.9 Å². The van der Waals surface area contributed by atoms with E-state index in [4.69, 9.17) is 34.9 Å². The molecule has 4 fully saturated rings. The molecule has 1 aliphatic heterocycles. The van der Waals surface area contributed by atoms with Crippen molar-refractivity contribution in [2.45, 2.75) is 337 Å². The molecular weight excluding hydrogens is 1200 g/mol. The molecule has 0 radical (unpaired) electrons. The number of carbonyl (C=O) groups excluding carboxylic acids is 3. The maximum absolute atomic E-state index is 13.3. The molecule has 0 aromatic heterocycles. The van der Waals surface area contributed by atoms with Crippen molar-refractivity contribution < 1.29 is 58.9 Å². The van der Waals surface area contributed by atoms with Crippen molar-refractivity contribution in [3.63, 3.8) is 0 Å². The van der Waals surface area contributed by atoms with Gasteiger partial charge in [-0.05, 0) is 151 Å². The van der Waals surface area contributed by atoms with E-state index in [0.29, 0.717) is 89.2 Å². The third-order valence-corrected chi connectivity index (χ3v) is 15.4. The van der Waals surface area contributed by atoms with Crippen LogP contribution in [0.2, 0.25) is 0 Å². The second-order valence-corrected chi connectivity index (χ2v) is 24.3. The molecule has 17 nitrogen and oxygen atoms in total. The molecule has 1 saturated heterocycles. The molecule has 95 heavy (non-hydrogen) atoms. The average molecular weight is 1360 g/mol. The van der Waals surface area contributed by atoms with Crippen LogP contribution in [0, 0.1) is 22.7 Å². The first-order valence-corrected chi connectivity index (χ1v) is 37.3. The lowest BCUT2D eigenvalue weighted by Gasteiger charge is -2.57. The Morgan fingerprint density at radius 1 is 0.853 bits per heavy atom. The largest absolute Gasteiger partial charge is 0.513 e. The van der Waals surface area contributed by atoms with Crippen LogP contribution in [-0.4, -0.2) is 149 Å². The first kappa shape index (κ1) is 110. The molecule has 0 spiro atoms. The minimum absolute atomic E-state index is 0.00509. The molecule has 0 aromatic carbocycles. The van der Waals surface area contributed by atoms with E-state index in [1.807, 2.05) is 172 Å². The molecule has 17 heteroatoms. The van der Waals surface area contributed by atoms with Gasteiger partial charge in [-0.1, -0.05) is 189 Å². The highest BCUT2D eigenvalue weighted by atomic mass is 16.6. The molecule has 7 atom stereocenters. The maximum atomic E-state index is 13.3. The van der Waals surface area contributed by atoms with Gasteiger partial charge in [-0.25, -0.2) is 4.79 Å². The molecule has 572 valence electrons. The Labute approximate surface area is 588 Å². The molecule has 0 aromatic rings. The topological polar surface area (TPSA) is 255 Å². The summed E-state index contributed by atoms with van der Waals surface area (Å²) in [5.41, 5.74) is 1.64. The van der Waals surface area contributed by atoms with Gasteiger partial charge < -0.3 is 60.8 Å². The molecule has 5 unspecified atom stereocenters. The van der Waals surface area contributed by atoms with Crippen molar-refractivity contribution >= 4 is 17.7 Å². The fraction of sp³-hybridized carbons (Fsp3) is 0.833. The van der Waals surface area contributed by atoms with Crippen LogP contribution in [-0.2, 0) is 28.5 Å². The summed E-state index contributed by atoms with van der Waals surface area (Å²) in [6, 6.07) is -0.0563. The lowest BCUT2D eigenvalue weighted by atomic mass is 9.60. The van der Waals surface area contributed by atoms with Crippen LogP contribution in [0.4, 0.5) is 4.79 Å². The Bertz CT molecular complexity index is 1820. The second kappa shape index (κ2) is 70.2. The predicted molar refractivity (Wildman–Crippen MR) is 410 cm³/mol. The fourth-order valence-electron chi connectivity index (χ4n) is 9.67. The molecule has 0 bridgehead atoms. The monoisotopic (exact) mass is 1360 g/mol. The first-order chi connectivity index (χ1) is 44.9. The number of nitrogens with zero attached hydrogens (tertiary/aromatic N) is 1. The number of aliphatic hydroxyl groups is 5. The van der Waals surface area contributed by atoms with E-state index in [1.54, 1.807) is 12.2 Å². The summed E-state index contributed by atoms with van der Waals surface area (Å²) in [6.45, 7) is 68.9. The molecule has 1 heterocycles. The van der Waals surface area contributed by atoms with Crippen LogP contribution in [0.15, 0.2) is 61.8 Å². The van der Waals surface area contributed by atoms with Crippen LogP contribution in [0.3, 0.4) is 0 Å². The Kier molecular flexibility index (Phi) is 81.3. The van der Waals surface area contributed by atoms with Gasteiger partial charge in [0.1, 0.15) is 24.4 Å². The van der Waals surface area contributed by atoms with E-state index >= 15 is 0 Å². The highest BCUT2D eigenvalue weighted by molar-refractivity contribution is 5.84. The molecule has 10 N–H and O–H groups in total. The Hall–Kier alpha value is -3.65. The highest BCUT2D eigenvalue weighted by Crippen LogP contribution is 2.52. The van der Waals surface area contributed by atoms with Gasteiger partial charge in [0.25, 0.3) is 5.91 Å². The summed E-state index contributed by atoms with van der Waals surface area (Å²) in [5.74, 6) is 0.636. The lowest BCUT2D eigenvalue weighted by molar-refractivity contribution is -0.205. The smallest absolute Gasteiger partial charge is 0.407 e. The molecular formula is C78H163N5O12. The zero-order valence-corrected chi connectivity index (χ0v) is 67.5.